The summed E-state index contributed by atoms with van der Waals surface area (Å²) >= 11 is 0. The number of nitrogens with one attached hydrogen (secondary N) is 1. The van der Waals surface area contributed by atoms with E-state index in [9.17, 15) is 4.39 Å². The van der Waals surface area contributed by atoms with Crippen LogP contribution in [-0.2, 0) is 6.54 Å². The second-order valence-electron chi connectivity index (χ2n) is 4.45. The number of piperazine rings is 1. The molecule has 0 aliphatic carbocycles. The van der Waals surface area contributed by atoms with Gasteiger partial charge in [0.05, 0.1) is 7.11 Å². The molecule has 2 rings (SSSR count). The molecule has 1 heterocycles. The van der Waals surface area contributed by atoms with Crippen LogP contribution in [0.15, 0.2) is 12.1 Å². The highest BCUT2D eigenvalue weighted by atomic mass is 19.1. The highest BCUT2D eigenvalue weighted by Gasteiger charge is 2.16. The monoisotopic (exact) mass is 238 g/mol. The number of hydrogen-bond donors (Lipinski definition) is 1. The number of hydrogen-bond acceptors (Lipinski definition) is 3. The average molecular weight is 238 g/mol. The van der Waals surface area contributed by atoms with Crippen molar-refractivity contribution in [1.29, 1.82) is 0 Å². The zero-order chi connectivity index (χ0) is 12.3. The second kappa shape index (κ2) is 5.47. The number of nitrogens with zero attached hydrogens (tertiary/aromatic N) is 1. The maximum absolute atomic E-state index is 13.9. The molecule has 0 aromatic heterocycles. The molecule has 1 fully saturated rings. The van der Waals surface area contributed by atoms with Crippen molar-refractivity contribution in [2.24, 2.45) is 0 Å². The minimum Gasteiger partial charge on any atom is -0.496 e. The predicted octanol–water partition coefficient (Wildman–Crippen LogP) is 1.55. The SMILES string of the molecule is COc1cc(C)cc(F)c1CN1CCNCC1. The minimum atomic E-state index is -0.166. The summed E-state index contributed by atoms with van der Waals surface area (Å²) in [6, 6.07) is 3.46. The first-order chi connectivity index (χ1) is 8.20. The van der Waals surface area contributed by atoms with Gasteiger partial charge in [-0.2, -0.15) is 0 Å². The van der Waals surface area contributed by atoms with Crippen LogP contribution in [0.2, 0.25) is 0 Å². The van der Waals surface area contributed by atoms with Crippen molar-refractivity contribution in [2.75, 3.05) is 33.3 Å². The van der Waals surface area contributed by atoms with Crippen LogP contribution >= 0.6 is 0 Å². The topological polar surface area (TPSA) is 24.5 Å². The van der Waals surface area contributed by atoms with Gasteiger partial charge < -0.3 is 10.1 Å². The molecule has 4 heteroatoms. The van der Waals surface area contributed by atoms with E-state index in [4.69, 9.17) is 4.74 Å². The first-order valence-corrected chi connectivity index (χ1v) is 5.97. The number of benzene rings is 1. The van der Waals surface area contributed by atoms with E-state index in [1.807, 2.05) is 13.0 Å². The zero-order valence-corrected chi connectivity index (χ0v) is 10.4. The largest absolute Gasteiger partial charge is 0.496 e. The average Bonchev–Trinajstić information content (AvgIpc) is 2.33. The molecule has 0 saturated carbocycles. The Balaban J connectivity index is 2.18. The summed E-state index contributed by atoms with van der Waals surface area (Å²) < 4.78 is 19.2. The number of ether oxygens (including phenoxy) is 1. The van der Waals surface area contributed by atoms with Crippen molar-refractivity contribution in [3.05, 3.63) is 29.1 Å². The van der Waals surface area contributed by atoms with Crippen molar-refractivity contribution in [2.45, 2.75) is 13.5 Å². The van der Waals surface area contributed by atoms with Crippen LogP contribution in [0, 0.1) is 12.7 Å². The van der Waals surface area contributed by atoms with Gasteiger partial charge >= 0.3 is 0 Å². The first-order valence-electron chi connectivity index (χ1n) is 5.97. The van der Waals surface area contributed by atoms with E-state index in [0.29, 0.717) is 17.9 Å². The fourth-order valence-corrected chi connectivity index (χ4v) is 2.17. The van der Waals surface area contributed by atoms with Crippen LogP contribution in [0.3, 0.4) is 0 Å². The van der Waals surface area contributed by atoms with Gasteiger partial charge in [-0.25, -0.2) is 4.39 Å². The van der Waals surface area contributed by atoms with Crippen LogP contribution in [0.25, 0.3) is 0 Å². The summed E-state index contributed by atoms with van der Waals surface area (Å²) in [5.41, 5.74) is 1.56. The Morgan fingerprint density at radius 2 is 2.06 bits per heavy atom. The molecule has 94 valence electrons. The summed E-state index contributed by atoms with van der Waals surface area (Å²) in [7, 11) is 1.59. The van der Waals surface area contributed by atoms with E-state index in [1.54, 1.807) is 13.2 Å². The maximum Gasteiger partial charge on any atom is 0.131 e. The van der Waals surface area contributed by atoms with E-state index in [2.05, 4.69) is 10.2 Å². The Kier molecular flexibility index (Phi) is 3.97. The molecular formula is C13H19FN2O. The first kappa shape index (κ1) is 12.3. The lowest BCUT2D eigenvalue weighted by Crippen LogP contribution is -2.43. The molecule has 1 aromatic carbocycles. The number of aryl methyl sites for hydroxylation is 1. The van der Waals surface area contributed by atoms with Crippen LogP contribution in [0.1, 0.15) is 11.1 Å². The zero-order valence-electron chi connectivity index (χ0n) is 10.4. The quantitative estimate of drug-likeness (QED) is 0.864. The van der Waals surface area contributed by atoms with Crippen LogP contribution in [-0.4, -0.2) is 38.2 Å². The fourth-order valence-electron chi connectivity index (χ4n) is 2.17. The molecule has 1 N–H and O–H groups in total. The summed E-state index contributed by atoms with van der Waals surface area (Å²) in [6.07, 6.45) is 0. The van der Waals surface area contributed by atoms with E-state index < -0.39 is 0 Å². The van der Waals surface area contributed by atoms with Gasteiger partial charge in [0.25, 0.3) is 0 Å². The third-order valence-electron chi connectivity index (χ3n) is 3.11. The molecule has 1 saturated heterocycles. The van der Waals surface area contributed by atoms with Crippen LogP contribution in [0.5, 0.6) is 5.75 Å². The van der Waals surface area contributed by atoms with Gasteiger partial charge in [-0.3, -0.25) is 4.90 Å². The summed E-state index contributed by atoms with van der Waals surface area (Å²) in [4.78, 5) is 2.24. The van der Waals surface area contributed by atoms with Crippen LogP contribution in [0.4, 0.5) is 4.39 Å². The Hall–Kier alpha value is -1.13. The lowest BCUT2D eigenvalue weighted by atomic mass is 10.1. The Labute approximate surface area is 102 Å². The molecule has 1 aliphatic rings. The van der Waals surface area contributed by atoms with E-state index in [0.717, 1.165) is 31.7 Å². The highest BCUT2D eigenvalue weighted by molar-refractivity contribution is 5.38. The minimum absolute atomic E-state index is 0.166. The van der Waals surface area contributed by atoms with Gasteiger partial charge in [0.2, 0.25) is 0 Å². The van der Waals surface area contributed by atoms with Gasteiger partial charge in [0.15, 0.2) is 0 Å². The molecule has 1 aliphatic heterocycles. The second-order valence-corrected chi connectivity index (χ2v) is 4.45. The third-order valence-corrected chi connectivity index (χ3v) is 3.11. The molecule has 1 aromatic rings. The summed E-state index contributed by atoms with van der Waals surface area (Å²) in [6.45, 7) is 6.34. The molecule has 0 unspecified atom stereocenters. The van der Waals surface area contributed by atoms with Gasteiger partial charge in [0, 0.05) is 38.3 Å². The normalized spacial score (nSPS) is 17.1. The van der Waals surface area contributed by atoms with Gasteiger partial charge in [-0.1, -0.05) is 0 Å². The molecule has 0 bridgehead atoms. The smallest absolute Gasteiger partial charge is 0.131 e. The summed E-state index contributed by atoms with van der Waals surface area (Å²) in [5.74, 6) is 0.487. The number of methoxy groups -OCH3 is 1. The van der Waals surface area contributed by atoms with Crippen molar-refractivity contribution in [1.82, 2.24) is 10.2 Å². The highest BCUT2D eigenvalue weighted by Crippen LogP contribution is 2.25. The lowest BCUT2D eigenvalue weighted by molar-refractivity contribution is 0.227. The molecule has 3 nitrogen and oxygen atoms in total. The van der Waals surface area contributed by atoms with E-state index in [1.165, 1.54) is 0 Å². The molecule has 0 radical (unpaired) electrons. The molecule has 17 heavy (non-hydrogen) atoms. The third kappa shape index (κ3) is 2.96. The summed E-state index contributed by atoms with van der Waals surface area (Å²) in [5, 5.41) is 3.29. The van der Waals surface area contributed by atoms with Gasteiger partial charge in [0.1, 0.15) is 11.6 Å². The number of halogens is 1. The van der Waals surface area contributed by atoms with E-state index >= 15 is 0 Å². The lowest BCUT2D eigenvalue weighted by Gasteiger charge is -2.28. The Bertz CT molecular complexity index is 389. The van der Waals surface area contributed by atoms with E-state index in [-0.39, 0.29) is 5.82 Å². The standard InChI is InChI=1S/C13H19FN2O/c1-10-7-12(14)11(13(8-10)17-2)9-16-5-3-15-4-6-16/h7-8,15H,3-6,9H2,1-2H3. The van der Waals surface area contributed by atoms with Crippen molar-refractivity contribution in [3.8, 4) is 5.75 Å². The molecule has 0 spiro atoms. The predicted molar refractivity (Wildman–Crippen MR) is 65.8 cm³/mol. The molecule has 0 atom stereocenters. The Morgan fingerprint density at radius 3 is 2.71 bits per heavy atom. The number of rotatable bonds is 3. The van der Waals surface area contributed by atoms with Crippen molar-refractivity contribution >= 4 is 0 Å². The molecular weight excluding hydrogens is 219 g/mol. The molecule has 0 amide bonds. The maximum atomic E-state index is 13.9. The van der Waals surface area contributed by atoms with Crippen LogP contribution < -0.4 is 10.1 Å². The van der Waals surface area contributed by atoms with Gasteiger partial charge in [-0.15, -0.1) is 0 Å². The Morgan fingerprint density at radius 1 is 1.35 bits per heavy atom. The van der Waals surface area contributed by atoms with Crippen molar-refractivity contribution < 1.29 is 9.13 Å². The fraction of sp³-hybridized carbons (Fsp3) is 0.538. The van der Waals surface area contributed by atoms with Crippen molar-refractivity contribution in [3.63, 3.8) is 0 Å². The van der Waals surface area contributed by atoms with Gasteiger partial charge in [-0.05, 0) is 24.6 Å².